The summed E-state index contributed by atoms with van der Waals surface area (Å²) in [6.07, 6.45) is 3.11. The van der Waals surface area contributed by atoms with Crippen molar-refractivity contribution in [3.63, 3.8) is 0 Å². The summed E-state index contributed by atoms with van der Waals surface area (Å²) >= 11 is 1.68. The van der Waals surface area contributed by atoms with Crippen molar-refractivity contribution in [2.24, 2.45) is 11.8 Å². The van der Waals surface area contributed by atoms with E-state index in [1.807, 2.05) is 6.07 Å². The maximum Gasteiger partial charge on any atom is 0.147 e. The number of rotatable bonds is 4. The summed E-state index contributed by atoms with van der Waals surface area (Å²) in [7, 11) is 1.75. The van der Waals surface area contributed by atoms with Crippen LogP contribution < -0.4 is 5.32 Å². The second-order valence-corrected chi connectivity index (χ2v) is 6.35. The third-order valence-electron chi connectivity index (χ3n) is 4.43. The van der Waals surface area contributed by atoms with Crippen LogP contribution in [0.5, 0.6) is 0 Å². The van der Waals surface area contributed by atoms with Crippen LogP contribution in [0.4, 0.5) is 5.82 Å². The van der Waals surface area contributed by atoms with E-state index in [-0.39, 0.29) is 0 Å². The van der Waals surface area contributed by atoms with Crippen LogP contribution in [0.25, 0.3) is 10.2 Å². The van der Waals surface area contributed by atoms with Gasteiger partial charge in [0, 0.05) is 31.6 Å². The summed E-state index contributed by atoms with van der Waals surface area (Å²) in [6.45, 7) is 1.60. The molecule has 0 amide bonds. The predicted octanol–water partition coefficient (Wildman–Crippen LogP) is 2.15. The summed E-state index contributed by atoms with van der Waals surface area (Å²) < 4.78 is 12.3. The van der Waals surface area contributed by atoms with Gasteiger partial charge in [-0.1, -0.05) is 0 Å². The maximum atomic E-state index is 5.81. The number of nitrogens with zero attached hydrogens (tertiary/aromatic N) is 2. The Hall–Kier alpha value is -1.24. The molecule has 2 aromatic heterocycles. The third-order valence-corrected chi connectivity index (χ3v) is 5.34. The van der Waals surface area contributed by atoms with E-state index in [0.29, 0.717) is 24.0 Å². The van der Waals surface area contributed by atoms with Crippen LogP contribution in [0.1, 0.15) is 6.42 Å². The Kier molecular flexibility index (Phi) is 3.09. The normalized spacial score (nSPS) is 32.0. The van der Waals surface area contributed by atoms with Gasteiger partial charge in [-0.25, -0.2) is 9.97 Å². The SMILES string of the molecule is COC[C@H]1[C@H](Nc2ncnc3ccsc23)[C@H]2CCO[C@H]21. The predicted molar refractivity (Wildman–Crippen MR) is 78.0 cm³/mol. The van der Waals surface area contributed by atoms with Crippen molar-refractivity contribution in [1.29, 1.82) is 0 Å². The van der Waals surface area contributed by atoms with Gasteiger partial charge in [-0.15, -0.1) is 11.3 Å². The second-order valence-electron chi connectivity index (χ2n) is 5.43. The number of fused-ring (bicyclic) bond motifs is 2. The highest BCUT2D eigenvalue weighted by Crippen LogP contribution is 2.45. The Bertz CT molecular complexity index is 617. The van der Waals surface area contributed by atoms with E-state index >= 15 is 0 Å². The van der Waals surface area contributed by atoms with Crippen molar-refractivity contribution in [2.75, 3.05) is 25.6 Å². The summed E-state index contributed by atoms with van der Waals surface area (Å²) in [5.74, 6) is 1.94. The number of hydrogen-bond acceptors (Lipinski definition) is 6. The number of ether oxygens (including phenoxy) is 2. The van der Waals surface area contributed by atoms with Gasteiger partial charge in [0.1, 0.15) is 12.1 Å². The number of methoxy groups -OCH3 is 1. The highest BCUT2D eigenvalue weighted by Gasteiger charge is 2.53. The lowest BCUT2D eigenvalue weighted by Crippen LogP contribution is -2.58. The van der Waals surface area contributed by atoms with E-state index < -0.39 is 0 Å². The van der Waals surface area contributed by atoms with Crippen molar-refractivity contribution in [2.45, 2.75) is 18.6 Å². The fourth-order valence-corrected chi connectivity index (χ4v) is 4.28. The first-order valence-corrected chi connectivity index (χ1v) is 7.81. The van der Waals surface area contributed by atoms with Crippen LogP contribution in [0, 0.1) is 11.8 Å². The number of nitrogens with one attached hydrogen (secondary N) is 1. The van der Waals surface area contributed by atoms with Gasteiger partial charge in [0.05, 0.1) is 22.9 Å². The number of hydrogen-bond donors (Lipinski definition) is 1. The first kappa shape index (κ1) is 12.5. The van der Waals surface area contributed by atoms with Crippen molar-refractivity contribution >= 4 is 27.4 Å². The molecule has 1 aliphatic carbocycles. The zero-order valence-electron chi connectivity index (χ0n) is 11.3. The molecule has 1 saturated carbocycles. The van der Waals surface area contributed by atoms with Gasteiger partial charge in [0.25, 0.3) is 0 Å². The first-order valence-electron chi connectivity index (χ1n) is 6.94. The van der Waals surface area contributed by atoms with Crippen LogP contribution in [0.3, 0.4) is 0 Å². The highest BCUT2D eigenvalue weighted by molar-refractivity contribution is 7.17. The van der Waals surface area contributed by atoms with Crippen LogP contribution in [0.15, 0.2) is 17.8 Å². The van der Waals surface area contributed by atoms with Gasteiger partial charge in [-0.05, 0) is 17.9 Å². The molecule has 4 atom stereocenters. The molecule has 3 heterocycles. The molecule has 106 valence electrons. The minimum atomic E-state index is 0.355. The minimum absolute atomic E-state index is 0.355. The molecule has 6 heteroatoms. The standard InChI is InChI=1S/C14H17N3O2S/c1-18-6-9-11(8-2-4-19-12(8)9)17-14-13-10(3-5-20-13)15-7-16-14/h3,5,7-9,11-12H,2,4,6H2,1H3,(H,15,16,17)/t8-,9+,11-,12-/m1/s1. The average Bonchev–Trinajstić information content (AvgIpc) is 3.09. The van der Waals surface area contributed by atoms with Gasteiger partial charge >= 0.3 is 0 Å². The maximum absolute atomic E-state index is 5.81. The Labute approximate surface area is 121 Å². The summed E-state index contributed by atoms with van der Waals surface area (Å²) in [6, 6.07) is 2.42. The van der Waals surface area contributed by atoms with E-state index in [2.05, 4.69) is 20.7 Å². The Morgan fingerprint density at radius 3 is 3.35 bits per heavy atom. The lowest BCUT2D eigenvalue weighted by molar-refractivity contribution is -0.0667. The second kappa shape index (κ2) is 4.95. The molecule has 1 N–H and O–H groups in total. The van der Waals surface area contributed by atoms with Crippen molar-refractivity contribution in [1.82, 2.24) is 9.97 Å². The fourth-order valence-electron chi connectivity index (χ4n) is 3.48. The largest absolute Gasteiger partial charge is 0.384 e. The van der Waals surface area contributed by atoms with Gasteiger partial charge in [0.15, 0.2) is 0 Å². The van der Waals surface area contributed by atoms with Gasteiger partial charge in [-0.2, -0.15) is 0 Å². The summed E-state index contributed by atoms with van der Waals surface area (Å²) in [5, 5.41) is 5.67. The van der Waals surface area contributed by atoms with Crippen molar-refractivity contribution in [3.8, 4) is 0 Å². The molecule has 0 aromatic carbocycles. The van der Waals surface area contributed by atoms with Crippen LogP contribution in [-0.2, 0) is 9.47 Å². The molecular weight excluding hydrogens is 274 g/mol. The monoisotopic (exact) mass is 291 g/mol. The minimum Gasteiger partial charge on any atom is -0.384 e. The quantitative estimate of drug-likeness (QED) is 0.935. The molecule has 0 spiro atoms. The van der Waals surface area contributed by atoms with Crippen LogP contribution in [-0.4, -0.2) is 42.4 Å². The molecule has 0 unspecified atom stereocenters. The van der Waals surface area contributed by atoms with Gasteiger partial charge in [-0.3, -0.25) is 0 Å². The van der Waals surface area contributed by atoms with Crippen LogP contribution in [0.2, 0.25) is 0 Å². The van der Waals surface area contributed by atoms with E-state index in [1.165, 1.54) is 0 Å². The topological polar surface area (TPSA) is 56.3 Å². The molecule has 2 fully saturated rings. The van der Waals surface area contributed by atoms with E-state index in [0.717, 1.165) is 35.7 Å². The zero-order chi connectivity index (χ0) is 13.5. The molecule has 2 aromatic rings. The summed E-state index contributed by atoms with van der Waals surface area (Å²) in [4.78, 5) is 8.70. The van der Waals surface area contributed by atoms with E-state index in [9.17, 15) is 0 Å². The molecule has 1 saturated heterocycles. The molecule has 0 radical (unpaired) electrons. The lowest BCUT2D eigenvalue weighted by atomic mass is 9.67. The third kappa shape index (κ3) is 1.82. The molecule has 5 nitrogen and oxygen atoms in total. The number of aromatic nitrogens is 2. The smallest absolute Gasteiger partial charge is 0.147 e. The Morgan fingerprint density at radius 2 is 2.45 bits per heavy atom. The summed E-state index contributed by atoms with van der Waals surface area (Å²) in [5.41, 5.74) is 1.01. The molecular formula is C14H17N3O2S. The van der Waals surface area contributed by atoms with Crippen molar-refractivity contribution < 1.29 is 9.47 Å². The molecule has 1 aliphatic heterocycles. The Balaban J connectivity index is 1.60. The lowest BCUT2D eigenvalue weighted by Gasteiger charge is -2.47. The molecule has 0 bridgehead atoms. The molecule has 2 aliphatic rings. The Morgan fingerprint density at radius 1 is 1.50 bits per heavy atom. The first-order chi connectivity index (χ1) is 9.88. The number of anilines is 1. The van der Waals surface area contributed by atoms with E-state index in [1.54, 1.807) is 24.8 Å². The van der Waals surface area contributed by atoms with Crippen molar-refractivity contribution in [3.05, 3.63) is 17.8 Å². The highest BCUT2D eigenvalue weighted by atomic mass is 32.1. The van der Waals surface area contributed by atoms with Gasteiger partial charge in [0.2, 0.25) is 0 Å². The average molecular weight is 291 g/mol. The van der Waals surface area contributed by atoms with E-state index in [4.69, 9.17) is 9.47 Å². The molecule has 4 rings (SSSR count). The fraction of sp³-hybridized carbons (Fsp3) is 0.571. The number of thiophene rings is 1. The van der Waals surface area contributed by atoms with Gasteiger partial charge < -0.3 is 14.8 Å². The molecule has 20 heavy (non-hydrogen) atoms. The zero-order valence-corrected chi connectivity index (χ0v) is 12.1. The van der Waals surface area contributed by atoms with Crippen LogP contribution >= 0.6 is 11.3 Å².